The number of nitrogen functional groups attached to an aromatic ring is 2. The second kappa shape index (κ2) is 8.59. The third-order valence-corrected chi connectivity index (χ3v) is 7.27. The van der Waals surface area contributed by atoms with Gasteiger partial charge in [-0.3, -0.25) is 0 Å². The van der Waals surface area contributed by atoms with Gasteiger partial charge in [-0.2, -0.15) is 0 Å². The lowest BCUT2D eigenvalue weighted by Gasteiger charge is -2.32. The van der Waals surface area contributed by atoms with E-state index >= 15 is 0 Å². The molecule has 31 heavy (non-hydrogen) atoms. The van der Waals surface area contributed by atoms with Gasteiger partial charge in [0.25, 0.3) is 0 Å². The quantitative estimate of drug-likeness (QED) is 0.400. The van der Waals surface area contributed by atoms with Crippen molar-refractivity contribution in [3.05, 3.63) is 93.0 Å². The van der Waals surface area contributed by atoms with Crippen molar-refractivity contribution >= 4 is 23.0 Å². The maximum Gasteiger partial charge on any atom is 0.0499 e. The lowest BCUT2D eigenvalue weighted by molar-refractivity contribution is 0.616. The highest BCUT2D eigenvalue weighted by Gasteiger charge is 2.30. The lowest BCUT2D eigenvalue weighted by Crippen LogP contribution is -2.24. The average molecular weight is 435 g/mol. The Morgan fingerprint density at radius 1 is 0.742 bits per heavy atom. The monoisotopic (exact) mass is 434 g/mol. The number of aryl methyl sites for hydroxylation is 1. The molecule has 0 saturated carbocycles. The first kappa shape index (κ1) is 23.2. The van der Waals surface area contributed by atoms with Gasteiger partial charge in [0.2, 0.25) is 0 Å². The molecular formula is C28H35ClN2. The maximum atomic E-state index is 6.93. The summed E-state index contributed by atoms with van der Waals surface area (Å²) in [6.07, 6.45) is 1.72. The zero-order valence-corrected chi connectivity index (χ0v) is 20.4. The van der Waals surface area contributed by atoms with Crippen molar-refractivity contribution < 1.29 is 0 Å². The summed E-state index contributed by atoms with van der Waals surface area (Å²) in [6, 6.07) is 19.3. The molecule has 0 aliphatic rings. The molecule has 0 aliphatic carbocycles. The van der Waals surface area contributed by atoms with Crippen LogP contribution in [0.25, 0.3) is 0 Å². The van der Waals surface area contributed by atoms with Gasteiger partial charge in [0.05, 0.1) is 0 Å². The highest BCUT2D eigenvalue weighted by molar-refractivity contribution is 6.32. The van der Waals surface area contributed by atoms with Crippen LogP contribution >= 0.6 is 11.6 Å². The van der Waals surface area contributed by atoms with Gasteiger partial charge in [-0.1, -0.05) is 95.6 Å². The number of halogens is 1. The number of nitrogens with two attached hydrogens (primary N) is 2. The van der Waals surface area contributed by atoms with Crippen LogP contribution in [-0.4, -0.2) is 0 Å². The van der Waals surface area contributed by atoms with Crippen molar-refractivity contribution in [1.82, 2.24) is 0 Å². The number of hydrogen-bond acceptors (Lipinski definition) is 2. The minimum absolute atomic E-state index is 0.145. The van der Waals surface area contributed by atoms with Crippen LogP contribution in [0.1, 0.15) is 74.9 Å². The topological polar surface area (TPSA) is 52.0 Å². The molecule has 0 aliphatic heterocycles. The summed E-state index contributed by atoms with van der Waals surface area (Å²) >= 11 is 6.93. The van der Waals surface area contributed by atoms with Gasteiger partial charge in [0.1, 0.15) is 0 Å². The number of hydrogen-bond donors (Lipinski definition) is 2. The third-order valence-electron chi connectivity index (χ3n) is 6.84. The summed E-state index contributed by atoms with van der Waals surface area (Å²) in [6.45, 7) is 13.3. The molecule has 3 rings (SSSR count). The highest BCUT2D eigenvalue weighted by Crippen LogP contribution is 2.42. The van der Waals surface area contributed by atoms with Crippen molar-refractivity contribution in [1.29, 1.82) is 0 Å². The molecule has 0 radical (unpaired) electrons. The Morgan fingerprint density at radius 3 is 1.87 bits per heavy atom. The average Bonchev–Trinajstić information content (AvgIpc) is 2.74. The molecule has 0 bridgehead atoms. The molecule has 0 amide bonds. The van der Waals surface area contributed by atoms with Crippen LogP contribution in [0.5, 0.6) is 0 Å². The lowest BCUT2D eigenvalue weighted by atomic mass is 9.72. The second-order valence-corrected chi connectivity index (χ2v) is 9.83. The molecule has 0 unspecified atom stereocenters. The molecule has 0 aromatic heterocycles. The first-order valence-corrected chi connectivity index (χ1v) is 11.5. The summed E-state index contributed by atoms with van der Waals surface area (Å²) in [5, 5.41) is 0.797. The number of rotatable bonds is 6. The van der Waals surface area contributed by atoms with E-state index in [2.05, 4.69) is 84.0 Å². The van der Waals surface area contributed by atoms with E-state index in [-0.39, 0.29) is 10.8 Å². The predicted molar refractivity (Wildman–Crippen MR) is 136 cm³/mol. The molecule has 0 saturated heterocycles. The molecule has 0 heterocycles. The van der Waals surface area contributed by atoms with Crippen LogP contribution in [0.2, 0.25) is 5.02 Å². The third kappa shape index (κ3) is 4.19. The van der Waals surface area contributed by atoms with Gasteiger partial charge in [-0.25, -0.2) is 0 Å². The van der Waals surface area contributed by atoms with Gasteiger partial charge in [-0.05, 0) is 58.4 Å². The Labute approximate surface area is 192 Å². The Bertz CT molecular complexity index is 1080. The highest BCUT2D eigenvalue weighted by atomic mass is 35.5. The minimum atomic E-state index is -0.258. The fraction of sp³-hybridized carbons (Fsp3) is 0.357. The predicted octanol–water partition coefficient (Wildman–Crippen LogP) is 7.28. The van der Waals surface area contributed by atoms with Crippen molar-refractivity contribution in [2.24, 2.45) is 0 Å². The van der Waals surface area contributed by atoms with Crippen LogP contribution < -0.4 is 11.5 Å². The minimum Gasteiger partial charge on any atom is -0.399 e. The van der Waals surface area contributed by atoms with Crippen molar-refractivity contribution in [2.75, 3.05) is 11.5 Å². The SMILES string of the molecule is CCc1cc(C(C)(C)c2cccc(C(C)(C)c3ccc(N)cc3)c2)c(Cl)c(CC)c1N. The Balaban J connectivity index is 2.13. The summed E-state index contributed by atoms with van der Waals surface area (Å²) in [5.41, 5.74) is 20.7. The molecule has 0 fully saturated rings. The molecule has 3 aromatic rings. The van der Waals surface area contributed by atoms with E-state index in [9.17, 15) is 0 Å². The molecule has 164 valence electrons. The molecule has 0 atom stereocenters. The first-order valence-electron chi connectivity index (χ1n) is 11.1. The summed E-state index contributed by atoms with van der Waals surface area (Å²) in [4.78, 5) is 0. The second-order valence-electron chi connectivity index (χ2n) is 9.45. The summed E-state index contributed by atoms with van der Waals surface area (Å²) < 4.78 is 0. The van der Waals surface area contributed by atoms with Crippen LogP contribution in [0.4, 0.5) is 11.4 Å². The van der Waals surface area contributed by atoms with E-state index in [0.29, 0.717) is 0 Å². The summed E-state index contributed by atoms with van der Waals surface area (Å²) in [5.74, 6) is 0. The first-order chi connectivity index (χ1) is 14.5. The van der Waals surface area contributed by atoms with Crippen LogP contribution in [0, 0.1) is 0 Å². The normalized spacial score (nSPS) is 12.2. The summed E-state index contributed by atoms with van der Waals surface area (Å²) in [7, 11) is 0. The van der Waals surface area contributed by atoms with E-state index in [4.69, 9.17) is 23.1 Å². The number of benzene rings is 3. The molecule has 2 nitrogen and oxygen atoms in total. The Kier molecular flexibility index (Phi) is 6.43. The zero-order chi connectivity index (χ0) is 23.0. The van der Waals surface area contributed by atoms with Crippen LogP contribution in [-0.2, 0) is 23.7 Å². The largest absolute Gasteiger partial charge is 0.399 e. The molecule has 4 N–H and O–H groups in total. The van der Waals surface area contributed by atoms with Gasteiger partial charge in [0.15, 0.2) is 0 Å². The van der Waals surface area contributed by atoms with Gasteiger partial charge < -0.3 is 11.5 Å². The van der Waals surface area contributed by atoms with Crippen LogP contribution in [0.3, 0.4) is 0 Å². The molecular weight excluding hydrogens is 400 g/mol. The molecule has 3 heteroatoms. The van der Waals surface area contributed by atoms with Crippen molar-refractivity contribution in [3.8, 4) is 0 Å². The van der Waals surface area contributed by atoms with E-state index in [1.54, 1.807) is 0 Å². The standard InChI is InChI=1S/C28H35ClN2/c1-7-18-16-24(25(29)23(8-2)26(18)31)28(5,6)21-11-9-10-20(17-21)27(3,4)19-12-14-22(30)15-13-19/h9-17H,7-8,30-31H2,1-6H3. The van der Waals surface area contributed by atoms with Crippen LogP contribution in [0.15, 0.2) is 54.6 Å². The van der Waals surface area contributed by atoms with E-state index < -0.39 is 0 Å². The van der Waals surface area contributed by atoms with Gasteiger partial charge >= 0.3 is 0 Å². The van der Waals surface area contributed by atoms with Gasteiger partial charge in [-0.15, -0.1) is 0 Å². The Morgan fingerprint density at radius 2 is 1.32 bits per heavy atom. The van der Waals surface area contributed by atoms with E-state index in [1.165, 1.54) is 22.3 Å². The Hall–Kier alpha value is -2.45. The molecule has 3 aromatic carbocycles. The van der Waals surface area contributed by atoms with Gasteiger partial charge in [0, 0.05) is 27.2 Å². The van der Waals surface area contributed by atoms with E-state index in [1.807, 2.05) is 12.1 Å². The van der Waals surface area contributed by atoms with Crippen molar-refractivity contribution in [2.45, 2.75) is 65.2 Å². The fourth-order valence-corrected chi connectivity index (χ4v) is 4.93. The maximum absolute atomic E-state index is 6.93. The zero-order valence-electron chi connectivity index (χ0n) is 19.6. The van der Waals surface area contributed by atoms with Crippen molar-refractivity contribution in [3.63, 3.8) is 0 Å². The molecule has 0 spiro atoms. The fourth-order valence-electron chi connectivity index (χ4n) is 4.40. The number of anilines is 2. The van der Waals surface area contributed by atoms with E-state index in [0.717, 1.165) is 40.4 Å². The smallest absolute Gasteiger partial charge is 0.0499 e.